The van der Waals surface area contributed by atoms with Gasteiger partial charge >= 0.3 is 0 Å². The normalized spacial score (nSPS) is 17.4. The van der Waals surface area contributed by atoms with Crippen LogP contribution in [0.4, 0.5) is 0 Å². The highest BCUT2D eigenvalue weighted by Gasteiger charge is 2.34. The third-order valence-corrected chi connectivity index (χ3v) is 7.73. The molecule has 0 radical (unpaired) electrons. The Hall–Kier alpha value is -3.11. The van der Waals surface area contributed by atoms with Crippen molar-refractivity contribution in [3.8, 4) is 11.5 Å². The van der Waals surface area contributed by atoms with Crippen molar-refractivity contribution < 1.29 is 27.5 Å². The van der Waals surface area contributed by atoms with Crippen LogP contribution in [0.25, 0.3) is 0 Å². The van der Waals surface area contributed by atoms with Crippen LogP contribution in [0.5, 0.6) is 11.5 Å². The van der Waals surface area contributed by atoms with Crippen molar-refractivity contribution in [1.82, 2.24) is 14.9 Å². The number of amides is 2. The molecule has 3 rings (SSSR count). The number of piperidine rings is 1. The summed E-state index contributed by atoms with van der Waals surface area (Å²) in [5, 5.41) is 5.52. The molecule has 2 aromatic rings. The second-order valence-electron chi connectivity index (χ2n) is 8.14. The van der Waals surface area contributed by atoms with Crippen LogP contribution in [0.15, 0.2) is 53.4 Å². The number of hydrogen-bond donors (Lipinski definition) is 2. The number of rotatable bonds is 9. The number of nitrogens with one attached hydrogen (secondary N) is 2. The SMILES string of the molecule is COc1ccc(S(=O)(=O)N2CCCC(C(=O)N[C@@H](C)C(=O)NCc3ccccc3OC)C2)cc1. The van der Waals surface area contributed by atoms with E-state index in [1.165, 1.54) is 23.5 Å². The fourth-order valence-corrected chi connectivity index (χ4v) is 5.38. The van der Waals surface area contributed by atoms with Gasteiger partial charge in [-0.2, -0.15) is 4.31 Å². The molecule has 0 aliphatic carbocycles. The molecule has 2 N–H and O–H groups in total. The molecule has 0 aromatic heterocycles. The topological polar surface area (TPSA) is 114 Å². The van der Waals surface area contributed by atoms with Gasteiger partial charge in [0.15, 0.2) is 0 Å². The van der Waals surface area contributed by atoms with E-state index >= 15 is 0 Å². The highest BCUT2D eigenvalue weighted by molar-refractivity contribution is 7.89. The maximum Gasteiger partial charge on any atom is 0.243 e. The molecule has 0 spiro atoms. The number of carbonyl (C=O) groups excluding carboxylic acids is 2. The van der Waals surface area contributed by atoms with Gasteiger partial charge in [-0.1, -0.05) is 18.2 Å². The molecular weight excluding hydrogens is 458 g/mol. The summed E-state index contributed by atoms with van der Waals surface area (Å²) in [6, 6.07) is 12.7. The van der Waals surface area contributed by atoms with Crippen LogP contribution in [-0.4, -0.2) is 57.9 Å². The first-order chi connectivity index (χ1) is 16.3. The Balaban J connectivity index is 1.57. The van der Waals surface area contributed by atoms with Crippen LogP contribution in [-0.2, 0) is 26.2 Å². The second-order valence-corrected chi connectivity index (χ2v) is 10.1. The van der Waals surface area contributed by atoms with Gasteiger partial charge in [0.1, 0.15) is 17.5 Å². The lowest BCUT2D eigenvalue weighted by Crippen LogP contribution is -2.50. The zero-order valence-electron chi connectivity index (χ0n) is 19.6. The monoisotopic (exact) mass is 489 g/mol. The minimum Gasteiger partial charge on any atom is -0.497 e. The molecule has 1 aliphatic heterocycles. The zero-order valence-corrected chi connectivity index (χ0v) is 20.4. The van der Waals surface area contributed by atoms with E-state index in [1.807, 2.05) is 24.3 Å². The first-order valence-corrected chi connectivity index (χ1v) is 12.5. The summed E-state index contributed by atoms with van der Waals surface area (Å²) in [7, 11) is -0.665. The first-order valence-electron chi connectivity index (χ1n) is 11.1. The van der Waals surface area contributed by atoms with Gasteiger partial charge in [-0.05, 0) is 50.1 Å². The van der Waals surface area contributed by atoms with Gasteiger partial charge in [-0.25, -0.2) is 8.42 Å². The van der Waals surface area contributed by atoms with Crippen LogP contribution in [0.3, 0.4) is 0 Å². The van der Waals surface area contributed by atoms with Crippen molar-refractivity contribution in [3.63, 3.8) is 0 Å². The van der Waals surface area contributed by atoms with Crippen LogP contribution in [0.1, 0.15) is 25.3 Å². The standard InChI is InChI=1S/C24H31N3O6S/c1-17(23(28)25-15-18-7-4-5-9-22(18)33-3)26-24(29)19-8-6-14-27(16-19)34(30,31)21-12-10-20(32-2)11-13-21/h4-5,7,9-13,17,19H,6,8,14-16H2,1-3H3,(H,25,28)(H,26,29)/t17-,19?/m0/s1. The van der Waals surface area contributed by atoms with Crippen molar-refractivity contribution in [2.45, 2.75) is 37.2 Å². The van der Waals surface area contributed by atoms with Gasteiger partial charge in [0.05, 0.1) is 25.0 Å². The van der Waals surface area contributed by atoms with Crippen molar-refractivity contribution in [2.75, 3.05) is 27.3 Å². The van der Waals surface area contributed by atoms with Crippen molar-refractivity contribution in [2.24, 2.45) is 5.92 Å². The quantitative estimate of drug-likeness (QED) is 0.556. The molecule has 9 nitrogen and oxygen atoms in total. The van der Waals surface area contributed by atoms with Crippen LogP contribution >= 0.6 is 0 Å². The Morgan fingerprint density at radius 2 is 1.79 bits per heavy atom. The zero-order chi connectivity index (χ0) is 24.7. The molecule has 34 heavy (non-hydrogen) atoms. The third-order valence-electron chi connectivity index (χ3n) is 5.85. The van der Waals surface area contributed by atoms with Gasteiger partial charge in [0.25, 0.3) is 0 Å². The molecule has 1 saturated heterocycles. The molecule has 2 atom stereocenters. The van der Waals surface area contributed by atoms with Gasteiger partial charge in [0.2, 0.25) is 21.8 Å². The molecule has 1 unspecified atom stereocenters. The van der Waals surface area contributed by atoms with Crippen LogP contribution in [0, 0.1) is 5.92 Å². The molecule has 0 saturated carbocycles. The van der Waals surface area contributed by atoms with Crippen molar-refractivity contribution >= 4 is 21.8 Å². The summed E-state index contributed by atoms with van der Waals surface area (Å²) in [5.74, 6) is 0.0197. The average Bonchev–Trinajstić information content (AvgIpc) is 2.87. The Morgan fingerprint density at radius 3 is 2.47 bits per heavy atom. The van der Waals surface area contributed by atoms with E-state index in [0.29, 0.717) is 30.9 Å². The Bertz CT molecular complexity index is 1100. The highest BCUT2D eigenvalue weighted by atomic mass is 32.2. The van der Waals surface area contributed by atoms with Gasteiger partial charge in [-0.15, -0.1) is 0 Å². The molecule has 1 heterocycles. The lowest BCUT2D eigenvalue weighted by Gasteiger charge is -2.31. The smallest absolute Gasteiger partial charge is 0.243 e. The van der Waals surface area contributed by atoms with E-state index in [9.17, 15) is 18.0 Å². The molecule has 1 aliphatic rings. The van der Waals surface area contributed by atoms with E-state index in [1.54, 1.807) is 26.2 Å². The lowest BCUT2D eigenvalue weighted by atomic mass is 9.98. The number of nitrogens with zero attached hydrogens (tertiary/aromatic N) is 1. The third kappa shape index (κ3) is 6.06. The van der Waals surface area contributed by atoms with E-state index < -0.39 is 22.0 Å². The number of methoxy groups -OCH3 is 2. The average molecular weight is 490 g/mol. The number of sulfonamides is 1. The minimum atomic E-state index is -3.74. The minimum absolute atomic E-state index is 0.0652. The summed E-state index contributed by atoms with van der Waals surface area (Å²) >= 11 is 0. The number of para-hydroxylation sites is 1. The molecule has 0 bridgehead atoms. The van der Waals surface area contributed by atoms with Gasteiger partial charge < -0.3 is 20.1 Å². The number of benzene rings is 2. The molecule has 2 aromatic carbocycles. The van der Waals surface area contributed by atoms with E-state index in [2.05, 4.69) is 10.6 Å². The number of ether oxygens (including phenoxy) is 2. The Labute approximate surface area is 200 Å². The first kappa shape index (κ1) is 25.5. The fourth-order valence-electron chi connectivity index (χ4n) is 3.85. The maximum absolute atomic E-state index is 13.0. The van der Waals surface area contributed by atoms with Crippen LogP contribution in [0.2, 0.25) is 0 Å². The lowest BCUT2D eigenvalue weighted by molar-refractivity contribution is -0.131. The summed E-state index contributed by atoms with van der Waals surface area (Å²) in [6.45, 7) is 2.27. The highest BCUT2D eigenvalue weighted by Crippen LogP contribution is 2.25. The van der Waals surface area contributed by atoms with Crippen LogP contribution < -0.4 is 20.1 Å². The molecule has 184 valence electrons. The Kier molecular flexibility index (Phi) is 8.51. The maximum atomic E-state index is 13.0. The second kappa shape index (κ2) is 11.3. The number of hydrogen-bond acceptors (Lipinski definition) is 6. The molecule has 10 heteroatoms. The summed E-state index contributed by atoms with van der Waals surface area (Å²) in [5.41, 5.74) is 0.823. The van der Waals surface area contributed by atoms with Gasteiger partial charge in [0, 0.05) is 25.2 Å². The Morgan fingerprint density at radius 1 is 1.09 bits per heavy atom. The van der Waals surface area contributed by atoms with E-state index in [-0.39, 0.29) is 29.8 Å². The van der Waals surface area contributed by atoms with Crippen molar-refractivity contribution in [3.05, 3.63) is 54.1 Å². The predicted molar refractivity (Wildman–Crippen MR) is 127 cm³/mol. The number of carbonyl (C=O) groups is 2. The van der Waals surface area contributed by atoms with Crippen molar-refractivity contribution in [1.29, 1.82) is 0 Å². The predicted octanol–water partition coefficient (Wildman–Crippen LogP) is 1.93. The summed E-state index contributed by atoms with van der Waals surface area (Å²) in [4.78, 5) is 25.5. The van der Waals surface area contributed by atoms with E-state index in [0.717, 1.165) is 5.56 Å². The summed E-state index contributed by atoms with van der Waals surface area (Å²) < 4.78 is 37.8. The molecule has 2 amide bonds. The fraction of sp³-hybridized carbons (Fsp3) is 0.417. The summed E-state index contributed by atoms with van der Waals surface area (Å²) in [6.07, 6.45) is 1.11. The van der Waals surface area contributed by atoms with Gasteiger partial charge in [-0.3, -0.25) is 9.59 Å². The van der Waals surface area contributed by atoms with E-state index in [4.69, 9.17) is 9.47 Å². The molecular formula is C24H31N3O6S. The largest absolute Gasteiger partial charge is 0.497 e. The molecule has 1 fully saturated rings.